The number of nitriles is 1. The average molecular weight is 377 g/mol. The minimum absolute atomic E-state index is 0.0914. The Bertz CT molecular complexity index is 912. The lowest BCUT2D eigenvalue weighted by Crippen LogP contribution is -2.31. The molecule has 0 atom stereocenters. The Balaban J connectivity index is 1.75. The summed E-state index contributed by atoms with van der Waals surface area (Å²) in [5.41, 5.74) is 2.82. The first-order valence-corrected chi connectivity index (χ1v) is 9.12. The number of amides is 2. The van der Waals surface area contributed by atoms with Gasteiger partial charge in [-0.05, 0) is 42.0 Å². The number of ether oxygens (including phenoxy) is 1. The van der Waals surface area contributed by atoms with E-state index in [4.69, 9.17) is 10.00 Å². The van der Waals surface area contributed by atoms with E-state index in [0.29, 0.717) is 18.7 Å². The summed E-state index contributed by atoms with van der Waals surface area (Å²) in [6, 6.07) is 16.7. The van der Waals surface area contributed by atoms with Crippen molar-refractivity contribution in [3.05, 3.63) is 59.7 Å². The van der Waals surface area contributed by atoms with Gasteiger partial charge in [-0.1, -0.05) is 26.0 Å². The SMILES string of the molecule is COC(=O)CC(C)(C)c1ccc(N2CCN(c3ccc(C#N)cc3)C2=O)cc1. The van der Waals surface area contributed by atoms with Crippen molar-refractivity contribution in [2.24, 2.45) is 0 Å². The Morgan fingerprint density at radius 1 is 1.04 bits per heavy atom. The molecule has 144 valence electrons. The zero-order valence-electron chi connectivity index (χ0n) is 16.3. The average Bonchev–Trinajstić information content (AvgIpc) is 3.09. The van der Waals surface area contributed by atoms with E-state index in [1.54, 1.807) is 34.1 Å². The van der Waals surface area contributed by atoms with Crippen LogP contribution >= 0.6 is 0 Å². The van der Waals surface area contributed by atoms with E-state index in [9.17, 15) is 9.59 Å². The molecule has 0 unspecified atom stereocenters. The molecule has 0 aliphatic carbocycles. The van der Waals surface area contributed by atoms with Crippen LogP contribution in [-0.2, 0) is 14.9 Å². The lowest BCUT2D eigenvalue weighted by molar-refractivity contribution is -0.141. The lowest BCUT2D eigenvalue weighted by Gasteiger charge is -2.25. The Morgan fingerprint density at radius 3 is 2.00 bits per heavy atom. The first kappa shape index (κ1) is 19.4. The second-order valence-electron chi connectivity index (χ2n) is 7.43. The molecule has 1 heterocycles. The van der Waals surface area contributed by atoms with Crippen molar-refractivity contribution in [3.8, 4) is 6.07 Å². The number of rotatable bonds is 5. The van der Waals surface area contributed by atoms with E-state index >= 15 is 0 Å². The molecule has 6 nitrogen and oxygen atoms in total. The van der Waals surface area contributed by atoms with Crippen LogP contribution in [0.1, 0.15) is 31.4 Å². The summed E-state index contributed by atoms with van der Waals surface area (Å²) >= 11 is 0. The fourth-order valence-electron chi connectivity index (χ4n) is 3.36. The van der Waals surface area contributed by atoms with Crippen LogP contribution in [0.4, 0.5) is 16.2 Å². The summed E-state index contributed by atoms with van der Waals surface area (Å²) < 4.78 is 4.78. The van der Waals surface area contributed by atoms with Gasteiger partial charge in [0.15, 0.2) is 0 Å². The Hall–Kier alpha value is -3.33. The molecule has 0 radical (unpaired) electrons. The van der Waals surface area contributed by atoms with Crippen molar-refractivity contribution in [3.63, 3.8) is 0 Å². The van der Waals surface area contributed by atoms with Crippen molar-refractivity contribution in [2.45, 2.75) is 25.7 Å². The van der Waals surface area contributed by atoms with E-state index in [1.807, 2.05) is 38.1 Å². The zero-order chi connectivity index (χ0) is 20.3. The highest BCUT2D eigenvalue weighted by Crippen LogP contribution is 2.31. The van der Waals surface area contributed by atoms with Gasteiger partial charge in [0.1, 0.15) is 0 Å². The summed E-state index contributed by atoms with van der Waals surface area (Å²) in [6.07, 6.45) is 0.290. The summed E-state index contributed by atoms with van der Waals surface area (Å²) in [6.45, 7) is 5.16. The maximum Gasteiger partial charge on any atom is 0.329 e. The number of carbonyl (C=O) groups is 2. The quantitative estimate of drug-likeness (QED) is 0.742. The van der Waals surface area contributed by atoms with Gasteiger partial charge in [0.05, 0.1) is 25.2 Å². The van der Waals surface area contributed by atoms with Crippen molar-refractivity contribution in [2.75, 3.05) is 30.0 Å². The standard InChI is InChI=1S/C22H23N3O3/c1-22(2,14-20(26)28-3)17-6-10-19(11-7-17)25-13-12-24(21(25)27)18-8-4-16(15-23)5-9-18/h4-11H,12-14H2,1-3H3. The minimum atomic E-state index is -0.352. The largest absolute Gasteiger partial charge is 0.469 e. The highest BCUT2D eigenvalue weighted by molar-refractivity contribution is 6.06. The summed E-state index contributed by atoms with van der Waals surface area (Å²) in [5, 5.41) is 8.91. The van der Waals surface area contributed by atoms with Gasteiger partial charge in [-0.15, -0.1) is 0 Å². The third-order valence-electron chi connectivity index (χ3n) is 5.09. The normalized spacial score (nSPS) is 14.1. The van der Waals surface area contributed by atoms with Crippen LogP contribution in [0.15, 0.2) is 48.5 Å². The van der Waals surface area contributed by atoms with Crippen molar-refractivity contribution in [1.29, 1.82) is 5.26 Å². The number of anilines is 2. The topological polar surface area (TPSA) is 73.6 Å². The number of nitrogens with zero attached hydrogens (tertiary/aromatic N) is 3. The number of hydrogen-bond donors (Lipinski definition) is 0. The van der Waals surface area contributed by atoms with Crippen LogP contribution in [-0.4, -0.2) is 32.2 Å². The maximum atomic E-state index is 12.9. The van der Waals surface area contributed by atoms with Crippen molar-refractivity contribution >= 4 is 23.4 Å². The van der Waals surface area contributed by atoms with Crippen LogP contribution in [0.25, 0.3) is 0 Å². The van der Waals surface area contributed by atoms with E-state index in [0.717, 1.165) is 16.9 Å². The van der Waals surface area contributed by atoms with E-state index in [-0.39, 0.29) is 23.8 Å². The predicted octanol–water partition coefficient (Wildman–Crippen LogP) is 3.85. The van der Waals surface area contributed by atoms with Gasteiger partial charge in [0, 0.05) is 29.9 Å². The summed E-state index contributed by atoms with van der Waals surface area (Å²) in [7, 11) is 1.39. The highest BCUT2D eigenvalue weighted by atomic mass is 16.5. The minimum Gasteiger partial charge on any atom is -0.469 e. The molecule has 2 aromatic rings. The van der Waals surface area contributed by atoms with Crippen LogP contribution in [0.3, 0.4) is 0 Å². The third kappa shape index (κ3) is 3.84. The number of carbonyl (C=O) groups excluding carboxylic acids is 2. The molecule has 1 fully saturated rings. The first-order chi connectivity index (χ1) is 13.4. The second kappa shape index (κ2) is 7.73. The van der Waals surface area contributed by atoms with Gasteiger partial charge >= 0.3 is 12.0 Å². The molecule has 0 N–H and O–H groups in total. The summed E-state index contributed by atoms with van der Waals surface area (Å²) in [4.78, 5) is 27.9. The monoisotopic (exact) mass is 377 g/mol. The number of esters is 1. The number of methoxy groups -OCH3 is 1. The van der Waals surface area contributed by atoms with Crippen LogP contribution in [0, 0.1) is 11.3 Å². The fourth-order valence-corrected chi connectivity index (χ4v) is 3.36. The number of urea groups is 1. The second-order valence-corrected chi connectivity index (χ2v) is 7.43. The molecule has 0 spiro atoms. The molecule has 6 heteroatoms. The molecule has 2 aromatic carbocycles. The molecular weight excluding hydrogens is 354 g/mol. The fraction of sp³-hybridized carbons (Fsp3) is 0.318. The van der Waals surface area contributed by atoms with Gasteiger partial charge in [-0.2, -0.15) is 5.26 Å². The maximum absolute atomic E-state index is 12.9. The van der Waals surface area contributed by atoms with Gasteiger partial charge in [-0.25, -0.2) is 4.79 Å². The van der Waals surface area contributed by atoms with Gasteiger partial charge in [0.25, 0.3) is 0 Å². The molecule has 0 saturated carbocycles. The molecule has 1 aliphatic rings. The Morgan fingerprint density at radius 2 is 1.54 bits per heavy atom. The molecule has 28 heavy (non-hydrogen) atoms. The third-order valence-corrected chi connectivity index (χ3v) is 5.09. The molecular formula is C22H23N3O3. The molecule has 0 aromatic heterocycles. The Kier molecular flexibility index (Phi) is 5.36. The molecule has 1 aliphatic heterocycles. The lowest BCUT2D eigenvalue weighted by atomic mass is 9.81. The van der Waals surface area contributed by atoms with Crippen molar-refractivity contribution in [1.82, 2.24) is 0 Å². The molecule has 3 rings (SSSR count). The van der Waals surface area contributed by atoms with Crippen LogP contribution < -0.4 is 9.80 Å². The number of benzene rings is 2. The zero-order valence-corrected chi connectivity index (χ0v) is 16.3. The highest BCUT2D eigenvalue weighted by Gasteiger charge is 2.31. The number of hydrogen-bond acceptors (Lipinski definition) is 4. The van der Waals surface area contributed by atoms with Gasteiger partial charge in [0.2, 0.25) is 0 Å². The predicted molar refractivity (Wildman–Crippen MR) is 107 cm³/mol. The van der Waals surface area contributed by atoms with Gasteiger partial charge < -0.3 is 4.74 Å². The Labute approximate surface area is 164 Å². The van der Waals surface area contributed by atoms with Crippen molar-refractivity contribution < 1.29 is 14.3 Å². The van der Waals surface area contributed by atoms with E-state index in [1.165, 1.54) is 7.11 Å². The van der Waals surface area contributed by atoms with E-state index in [2.05, 4.69) is 6.07 Å². The smallest absolute Gasteiger partial charge is 0.329 e. The van der Waals surface area contributed by atoms with Gasteiger partial charge in [-0.3, -0.25) is 14.6 Å². The molecule has 0 bridgehead atoms. The van der Waals surface area contributed by atoms with Crippen LogP contribution in [0.2, 0.25) is 0 Å². The van der Waals surface area contributed by atoms with Crippen LogP contribution in [0.5, 0.6) is 0 Å². The molecule has 1 saturated heterocycles. The first-order valence-electron chi connectivity index (χ1n) is 9.12. The molecule has 2 amide bonds. The summed E-state index contributed by atoms with van der Waals surface area (Å²) in [5.74, 6) is -0.248. The van der Waals surface area contributed by atoms with E-state index < -0.39 is 0 Å².